The lowest BCUT2D eigenvalue weighted by atomic mass is 10.2. The van der Waals surface area contributed by atoms with Crippen molar-refractivity contribution in [2.45, 2.75) is 10.6 Å². The first-order valence-corrected chi connectivity index (χ1v) is 6.03. The first-order chi connectivity index (χ1) is 7.77. The average molecular weight is 253 g/mol. The normalized spacial score (nSPS) is 10.3. The van der Waals surface area contributed by atoms with Crippen molar-refractivity contribution in [3.05, 3.63) is 57.5 Å². The zero-order valence-electron chi connectivity index (χ0n) is 8.31. The highest BCUT2D eigenvalue weighted by Crippen LogP contribution is 2.24. The van der Waals surface area contributed by atoms with Crippen LogP contribution in [0.2, 0.25) is 5.15 Å². The molecule has 0 aliphatic heterocycles. The summed E-state index contributed by atoms with van der Waals surface area (Å²) in [6.45, 7) is 0. The molecular formula is C11H9ClN2OS. The SMILES string of the molecule is O=c1cn[nH]c(Cl)c1SCc1ccccc1. The van der Waals surface area contributed by atoms with Gasteiger partial charge in [0.2, 0.25) is 5.43 Å². The molecule has 0 aliphatic rings. The molecule has 0 bridgehead atoms. The van der Waals surface area contributed by atoms with Crippen LogP contribution in [0, 0.1) is 0 Å². The van der Waals surface area contributed by atoms with Crippen LogP contribution >= 0.6 is 23.4 Å². The fourth-order valence-electron chi connectivity index (χ4n) is 1.23. The largest absolute Gasteiger partial charge is 0.287 e. The van der Waals surface area contributed by atoms with Crippen molar-refractivity contribution in [2.75, 3.05) is 0 Å². The lowest BCUT2D eigenvalue weighted by molar-refractivity contribution is 0.977. The zero-order chi connectivity index (χ0) is 11.4. The summed E-state index contributed by atoms with van der Waals surface area (Å²) in [7, 11) is 0. The maximum absolute atomic E-state index is 11.5. The Hall–Kier alpha value is -1.26. The summed E-state index contributed by atoms with van der Waals surface area (Å²) in [5.41, 5.74) is 1.00. The van der Waals surface area contributed by atoms with Crippen LogP contribution in [0.25, 0.3) is 0 Å². The van der Waals surface area contributed by atoms with E-state index in [1.165, 1.54) is 18.0 Å². The van der Waals surface area contributed by atoms with Gasteiger partial charge in [0.05, 0.1) is 11.1 Å². The van der Waals surface area contributed by atoms with Crippen LogP contribution in [0.5, 0.6) is 0 Å². The van der Waals surface area contributed by atoms with E-state index in [4.69, 9.17) is 11.6 Å². The average Bonchev–Trinajstić information content (AvgIpc) is 2.30. The second-order valence-corrected chi connectivity index (χ2v) is 4.52. The van der Waals surface area contributed by atoms with E-state index in [2.05, 4.69) is 10.2 Å². The molecule has 0 atom stereocenters. The van der Waals surface area contributed by atoms with Crippen molar-refractivity contribution >= 4 is 23.4 Å². The molecule has 5 heteroatoms. The monoisotopic (exact) mass is 252 g/mol. The van der Waals surface area contributed by atoms with Crippen LogP contribution in [0.1, 0.15) is 5.56 Å². The maximum Gasteiger partial charge on any atom is 0.215 e. The number of benzene rings is 1. The van der Waals surface area contributed by atoms with Gasteiger partial charge in [-0.3, -0.25) is 9.89 Å². The first-order valence-electron chi connectivity index (χ1n) is 4.67. The van der Waals surface area contributed by atoms with Gasteiger partial charge in [-0.05, 0) is 5.56 Å². The lowest BCUT2D eigenvalue weighted by Gasteiger charge is -2.02. The minimum atomic E-state index is -0.148. The van der Waals surface area contributed by atoms with Crippen LogP contribution in [-0.4, -0.2) is 10.2 Å². The van der Waals surface area contributed by atoms with Crippen LogP contribution in [0.4, 0.5) is 0 Å². The molecule has 0 unspecified atom stereocenters. The van der Waals surface area contributed by atoms with Crippen molar-refractivity contribution in [1.82, 2.24) is 10.2 Å². The smallest absolute Gasteiger partial charge is 0.215 e. The van der Waals surface area contributed by atoms with Crippen LogP contribution in [0.3, 0.4) is 0 Å². The van der Waals surface area contributed by atoms with Gasteiger partial charge in [0.25, 0.3) is 0 Å². The van der Waals surface area contributed by atoms with E-state index in [-0.39, 0.29) is 5.43 Å². The van der Waals surface area contributed by atoms with Crippen molar-refractivity contribution in [3.63, 3.8) is 0 Å². The van der Waals surface area contributed by atoms with E-state index in [0.29, 0.717) is 15.8 Å². The van der Waals surface area contributed by atoms with Crippen molar-refractivity contribution < 1.29 is 0 Å². The Bertz CT molecular complexity index is 527. The Morgan fingerprint density at radius 3 is 2.75 bits per heavy atom. The Morgan fingerprint density at radius 2 is 2.06 bits per heavy atom. The van der Waals surface area contributed by atoms with Gasteiger partial charge in [-0.25, -0.2) is 0 Å². The highest BCUT2D eigenvalue weighted by Gasteiger charge is 2.06. The van der Waals surface area contributed by atoms with Crippen LogP contribution in [-0.2, 0) is 5.75 Å². The number of halogens is 1. The fraction of sp³-hybridized carbons (Fsp3) is 0.0909. The molecule has 0 aliphatic carbocycles. The number of nitrogens with one attached hydrogen (secondary N) is 1. The van der Waals surface area contributed by atoms with E-state index in [1.807, 2.05) is 30.3 Å². The number of H-pyrrole nitrogens is 1. The third-order valence-corrected chi connectivity index (χ3v) is 3.55. The molecule has 1 aromatic carbocycles. The van der Waals surface area contributed by atoms with Crippen molar-refractivity contribution in [3.8, 4) is 0 Å². The molecule has 0 radical (unpaired) electrons. The Morgan fingerprint density at radius 1 is 1.31 bits per heavy atom. The van der Waals surface area contributed by atoms with Gasteiger partial charge in [-0.15, -0.1) is 11.8 Å². The summed E-state index contributed by atoms with van der Waals surface area (Å²) in [5, 5.41) is 6.49. The van der Waals surface area contributed by atoms with E-state index in [9.17, 15) is 4.79 Å². The van der Waals surface area contributed by atoms with Gasteiger partial charge >= 0.3 is 0 Å². The number of aromatic amines is 1. The highest BCUT2D eigenvalue weighted by atomic mass is 35.5. The number of rotatable bonds is 3. The van der Waals surface area contributed by atoms with E-state index in [0.717, 1.165) is 5.56 Å². The summed E-state index contributed by atoms with van der Waals surface area (Å²) in [4.78, 5) is 12.0. The van der Waals surface area contributed by atoms with E-state index >= 15 is 0 Å². The minimum absolute atomic E-state index is 0.148. The highest BCUT2D eigenvalue weighted by molar-refractivity contribution is 7.98. The topological polar surface area (TPSA) is 45.8 Å². The van der Waals surface area contributed by atoms with Gasteiger partial charge < -0.3 is 0 Å². The zero-order valence-corrected chi connectivity index (χ0v) is 9.89. The Labute approximate surface area is 102 Å². The lowest BCUT2D eigenvalue weighted by Crippen LogP contribution is -2.05. The molecule has 2 rings (SSSR count). The third kappa shape index (κ3) is 2.65. The molecule has 1 heterocycles. The molecule has 16 heavy (non-hydrogen) atoms. The molecule has 0 amide bonds. The second kappa shape index (κ2) is 5.18. The molecule has 3 nitrogen and oxygen atoms in total. The molecule has 0 spiro atoms. The quantitative estimate of drug-likeness (QED) is 0.855. The first kappa shape index (κ1) is 11.2. The van der Waals surface area contributed by atoms with Gasteiger partial charge in [0.15, 0.2) is 0 Å². The number of nitrogens with zero attached hydrogens (tertiary/aromatic N) is 1. The van der Waals surface area contributed by atoms with Gasteiger partial charge in [0, 0.05) is 5.75 Å². The van der Waals surface area contributed by atoms with Crippen LogP contribution in [0.15, 0.2) is 46.2 Å². The molecular weight excluding hydrogens is 244 g/mol. The minimum Gasteiger partial charge on any atom is -0.287 e. The molecule has 1 N–H and O–H groups in total. The number of hydrogen-bond donors (Lipinski definition) is 1. The Kier molecular flexibility index (Phi) is 3.64. The van der Waals surface area contributed by atoms with Crippen LogP contribution < -0.4 is 5.43 Å². The number of aromatic nitrogens is 2. The van der Waals surface area contributed by atoms with Gasteiger partial charge in [0.1, 0.15) is 5.15 Å². The predicted molar refractivity (Wildman–Crippen MR) is 65.9 cm³/mol. The molecule has 1 aromatic heterocycles. The molecule has 0 fully saturated rings. The third-order valence-electron chi connectivity index (χ3n) is 1.99. The molecule has 0 saturated carbocycles. The molecule has 0 saturated heterocycles. The van der Waals surface area contributed by atoms with Gasteiger partial charge in [-0.2, -0.15) is 5.10 Å². The predicted octanol–water partition coefficient (Wildman–Crippen LogP) is 2.72. The standard InChI is InChI=1S/C11H9ClN2OS/c12-11-10(9(15)6-13-14-11)16-7-8-4-2-1-3-5-8/h1-6H,7H2,(H,14,15). The fourth-order valence-corrected chi connectivity index (χ4v) is 2.41. The van der Waals surface area contributed by atoms with E-state index < -0.39 is 0 Å². The maximum atomic E-state index is 11.5. The molecule has 82 valence electrons. The summed E-state index contributed by atoms with van der Waals surface area (Å²) >= 11 is 7.27. The summed E-state index contributed by atoms with van der Waals surface area (Å²) in [5.74, 6) is 0.716. The Balaban J connectivity index is 2.14. The number of hydrogen-bond acceptors (Lipinski definition) is 3. The van der Waals surface area contributed by atoms with Gasteiger partial charge in [-0.1, -0.05) is 41.9 Å². The summed E-state index contributed by atoms with van der Waals surface area (Å²) < 4.78 is 0. The van der Waals surface area contributed by atoms with Crippen molar-refractivity contribution in [2.24, 2.45) is 0 Å². The second-order valence-electron chi connectivity index (χ2n) is 3.15. The summed E-state index contributed by atoms with van der Waals surface area (Å²) in [6.07, 6.45) is 1.24. The summed E-state index contributed by atoms with van der Waals surface area (Å²) in [6, 6.07) is 9.91. The van der Waals surface area contributed by atoms with E-state index in [1.54, 1.807) is 0 Å². The van der Waals surface area contributed by atoms with Crippen molar-refractivity contribution in [1.29, 1.82) is 0 Å². The number of thioether (sulfide) groups is 1. The molecule has 2 aromatic rings.